The fourth-order valence-corrected chi connectivity index (χ4v) is 3.15. The number of carbonyl (C=O) groups excluding carboxylic acids is 2. The van der Waals surface area contributed by atoms with Gasteiger partial charge in [0.1, 0.15) is 18.0 Å². The first-order valence-electron chi connectivity index (χ1n) is 9.97. The van der Waals surface area contributed by atoms with Gasteiger partial charge >= 0.3 is 0 Å². The first kappa shape index (κ1) is 20.2. The van der Waals surface area contributed by atoms with E-state index >= 15 is 0 Å². The minimum Gasteiger partial charge on any atom is -0.487 e. The van der Waals surface area contributed by atoms with E-state index in [1.54, 1.807) is 48.5 Å². The van der Waals surface area contributed by atoms with Crippen molar-refractivity contribution in [2.24, 2.45) is 0 Å². The van der Waals surface area contributed by atoms with Crippen LogP contribution in [-0.4, -0.2) is 27.7 Å². The normalized spacial score (nSPS) is 10.6. The van der Waals surface area contributed by atoms with Crippen molar-refractivity contribution in [2.45, 2.75) is 13.5 Å². The number of carbonyl (C=O) groups is 2. The Kier molecular flexibility index (Phi) is 5.93. The lowest BCUT2D eigenvalue weighted by atomic mass is 10.1. The summed E-state index contributed by atoms with van der Waals surface area (Å²) in [5, 5.41) is 5.57. The number of ether oxygens (including phenoxy) is 1. The molecule has 4 rings (SSSR count). The highest BCUT2D eigenvalue weighted by atomic mass is 16.5. The van der Waals surface area contributed by atoms with Crippen LogP contribution in [0.15, 0.2) is 79.1 Å². The zero-order chi connectivity index (χ0) is 21.6. The van der Waals surface area contributed by atoms with Gasteiger partial charge in [-0.1, -0.05) is 18.2 Å². The Bertz CT molecular complexity index is 1200. The van der Waals surface area contributed by atoms with Gasteiger partial charge in [0, 0.05) is 35.8 Å². The monoisotopic (exact) mass is 414 g/mol. The minimum atomic E-state index is -0.286. The number of amides is 2. The van der Waals surface area contributed by atoms with Crippen LogP contribution < -0.4 is 15.4 Å². The number of fused-ring (bicyclic) bond motifs is 1. The van der Waals surface area contributed by atoms with Crippen LogP contribution in [-0.2, 0) is 6.61 Å². The average molecular weight is 414 g/mol. The first-order valence-corrected chi connectivity index (χ1v) is 9.97. The van der Waals surface area contributed by atoms with E-state index in [1.165, 1.54) is 0 Å². The summed E-state index contributed by atoms with van der Waals surface area (Å²) in [5.74, 6) is 0.105. The standard InChI is InChI=1S/C24H22N4O3/c1-2-25-23(29)17-7-5-9-19(13-17)27-24(30)18-8-6-10-21(14-18)31-16-20-15-28-12-4-3-11-22(28)26-20/h3-15H,2,16H2,1H3,(H,25,29)(H,27,30). The second-order valence-corrected chi connectivity index (χ2v) is 6.91. The van der Waals surface area contributed by atoms with Gasteiger partial charge in [-0.2, -0.15) is 0 Å². The number of hydrogen-bond acceptors (Lipinski definition) is 4. The van der Waals surface area contributed by atoms with E-state index in [1.807, 2.05) is 41.9 Å². The molecule has 7 heteroatoms. The fourth-order valence-electron chi connectivity index (χ4n) is 3.15. The number of aromatic nitrogens is 2. The van der Waals surface area contributed by atoms with E-state index < -0.39 is 0 Å². The van der Waals surface area contributed by atoms with E-state index in [4.69, 9.17) is 4.74 Å². The summed E-state index contributed by atoms with van der Waals surface area (Å²) >= 11 is 0. The molecule has 0 fully saturated rings. The predicted octanol–water partition coefficient (Wildman–Crippen LogP) is 3.92. The number of pyridine rings is 1. The van der Waals surface area contributed by atoms with Crippen LogP contribution in [0, 0.1) is 0 Å². The molecule has 4 aromatic rings. The third-order valence-electron chi connectivity index (χ3n) is 4.62. The summed E-state index contributed by atoms with van der Waals surface area (Å²) < 4.78 is 7.76. The Hall–Kier alpha value is -4.13. The van der Waals surface area contributed by atoms with Crippen LogP contribution in [0.2, 0.25) is 0 Å². The SMILES string of the molecule is CCNC(=O)c1cccc(NC(=O)c2cccc(OCc3cn4ccccc4n3)c2)c1. The molecular formula is C24H22N4O3. The summed E-state index contributed by atoms with van der Waals surface area (Å²) in [7, 11) is 0. The third kappa shape index (κ3) is 4.90. The first-order chi connectivity index (χ1) is 15.1. The molecule has 31 heavy (non-hydrogen) atoms. The van der Waals surface area contributed by atoms with Gasteiger partial charge in [-0.15, -0.1) is 0 Å². The molecule has 0 spiro atoms. The molecule has 156 valence electrons. The van der Waals surface area contributed by atoms with Crippen molar-refractivity contribution in [2.75, 3.05) is 11.9 Å². The predicted molar refractivity (Wildman–Crippen MR) is 118 cm³/mol. The molecular weight excluding hydrogens is 392 g/mol. The highest BCUT2D eigenvalue weighted by Gasteiger charge is 2.10. The van der Waals surface area contributed by atoms with E-state index in [-0.39, 0.29) is 11.8 Å². The maximum Gasteiger partial charge on any atom is 0.255 e. The lowest BCUT2D eigenvalue weighted by Crippen LogP contribution is -2.22. The molecule has 0 aliphatic carbocycles. The average Bonchev–Trinajstić information content (AvgIpc) is 3.21. The molecule has 0 saturated carbocycles. The van der Waals surface area contributed by atoms with Gasteiger partial charge in [-0.3, -0.25) is 9.59 Å². The summed E-state index contributed by atoms with van der Waals surface area (Å²) in [6.07, 6.45) is 3.84. The molecule has 0 unspecified atom stereocenters. The van der Waals surface area contributed by atoms with Gasteiger partial charge in [0.2, 0.25) is 0 Å². The van der Waals surface area contributed by atoms with E-state index in [9.17, 15) is 9.59 Å². The number of imidazole rings is 1. The molecule has 0 radical (unpaired) electrons. The topological polar surface area (TPSA) is 84.7 Å². The fraction of sp³-hybridized carbons (Fsp3) is 0.125. The number of nitrogens with one attached hydrogen (secondary N) is 2. The van der Waals surface area contributed by atoms with Gasteiger partial charge in [-0.25, -0.2) is 4.98 Å². The van der Waals surface area contributed by atoms with Crippen LogP contribution in [0.25, 0.3) is 5.65 Å². The van der Waals surface area contributed by atoms with Crippen molar-refractivity contribution in [3.05, 3.63) is 95.9 Å². The van der Waals surface area contributed by atoms with E-state index in [0.29, 0.717) is 35.7 Å². The van der Waals surface area contributed by atoms with E-state index in [2.05, 4.69) is 15.6 Å². The van der Waals surface area contributed by atoms with Crippen LogP contribution in [0.3, 0.4) is 0 Å². The van der Waals surface area contributed by atoms with Crippen LogP contribution >= 0.6 is 0 Å². The Balaban J connectivity index is 1.42. The highest BCUT2D eigenvalue weighted by molar-refractivity contribution is 6.05. The van der Waals surface area contributed by atoms with Crippen molar-refractivity contribution in [1.82, 2.24) is 14.7 Å². The number of nitrogens with zero attached hydrogens (tertiary/aromatic N) is 2. The molecule has 0 atom stereocenters. The Morgan fingerprint density at radius 1 is 0.968 bits per heavy atom. The number of rotatable bonds is 7. The maximum atomic E-state index is 12.7. The lowest BCUT2D eigenvalue weighted by Gasteiger charge is -2.09. The maximum absolute atomic E-state index is 12.7. The van der Waals surface area contributed by atoms with Crippen LogP contribution in [0.1, 0.15) is 33.3 Å². The van der Waals surface area contributed by atoms with Crippen molar-refractivity contribution >= 4 is 23.1 Å². The van der Waals surface area contributed by atoms with Crippen molar-refractivity contribution in [3.63, 3.8) is 0 Å². The smallest absolute Gasteiger partial charge is 0.255 e. The molecule has 2 N–H and O–H groups in total. The zero-order valence-electron chi connectivity index (χ0n) is 17.0. The molecule has 2 amide bonds. The molecule has 2 aromatic carbocycles. The van der Waals surface area contributed by atoms with Crippen LogP contribution in [0.4, 0.5) is 5.69 Å². The van der Waals surface area contributed by atoms with Gasteiger partial charge in [-0.05, 0) is 55.5 Å². The highest BCUT2D eigenvalue weighted by Crippen LogP contribution is 2.18. The second-order valence-electron chi connectivity index (χ2n) is 6.91. The van der Waals surface area contributed by atoms with Gasteiger partial charge in [0.25, 0.3) is 11.8 Å². The molecule has 0 aliphatic rings. The Labute approximate surface area is 179 Å². The number of hydrogen-bond donors (Lipinski definition) is 2. The molecule has 2 aromatic heterocycles. The molecule has 2 heterocycles. The van der Waals surface area contributed by atoms with Crippen LogP contribution in [0.5, 0.6) is 5.75 Å². The van der Waals surface area contributed by atoms with Gasteiger partial charge in [0.15, 0.2) is 0 Å². The van der Waals surface area contributed by atoms with Crippen molar-refractivity contribution in [3.8, 4) is 5.75 Å². The van der Waals surface area contributed by atoms with E-state index in [0.717, 1.165) is 11.3 Å². The Morgan fingerprint density at radius 2 is 1.77 bits per heavy atom. The minimum absolute atomic E-state index is 0.180. The van der Waals surface area contributed by atoms with Gasteiger partial charge < -0.3 is 19.8 Å². The van der Waals surface area contributed by atoms with Crippen molar-refractivity contribution in [1.29, 1.82) is 0 Å². The third-order valence-corrected chi connectivity index (χ3v) is 4.62. The Morgan fingerprint density at radius 3 is 2.58 bits per heavy atom. The molecule has 0 aliphatic heterocycles. The van der Waals surface area contributed by atoms with Gasteiger partial charge in [0.05, 0.1) is 5.69 Å². The summed E-state index contributed by atoms with van der Waals surface area (Å²) in [6.45, 7) is 2.69. The summed E-state index contributed by atoms with van der Waals surface area (Å²) in [6, 6.07) is 19.6. The zero-order valence-corrected chi connectivity index (χ0v) is 17.0. The lowest BCUT2D eigenvalue weighted by molar-refractivity contribution is 0.0954. The number of anilines is 1. The molecule has 0 bridgehead atoms. The quantitative estimate of drug-likeness (QED) is 0.480. The largest absolute Gasteiger partial charge is 0.487 e. The number of benzene rings is 2. The summed E-state index contributed by atoms with van der Waals surface area (Å²) in [5.41, 5.74) is 3.14. The molecule has 0 saturated heterocycles. The summed E-state index contributed by atoms with van der Waals surface area (Å²) in [4.78, 5) is 29.2. The molecule has 7 nitrogen and oxygen atoms in total. The second kappa shape index (κ2) is 9.13. The van der Waals surface area contributed by atoms with Crippen molar-refractivity contribution < 1.29 is 14.3 Å².